The van der Waals surface area contributed by atoms with E-state index in [0.29, 0.717) is 39.1 Å². The number of fused-ring (bicyclic) bond motifs is 1. The molecule has 5 rings (SSSR count). The first kappa shape index (κ1) is 23.9. The molecule has 5 nitrogen and oxygen atoms in total. The Morgan fingerprint density at radius 2 is 1.64 bits per heavy atom. The zero-order valence-corrected chi connectivity index (χ0v) is 21.1. The van der Waals surface area contributed by atoms with Crippen molar-refractivity contribution < 1.29 is 13.6 Å². The van der Waals surface area contributed by atoms with E-state index in [9.17, 15) is 4.79 Å². The van der Waals surface area contributed by atoms with Crippen molar-refractivity contribution in [3.8, 4) is 22.8 Å². The maximum atomic E-state index is 12.4. The molecule has 0 radical (unpaired) electrons. The molecule has 0 fully saturated rings. The van der Waals surface area contributed by atoms with Crippen molar-refractivity contribution in [1.29, 1.82) is 0 Å². The molecular weight excluding hydrogens is 495 g/mol. The SMILES string of the molecule is CC(C)c1ccc2oc(-c3ccc(NC(=O)/C=C/c4ccc(-c5cc(Cl)cc(Cl)c5)o4)cc3)nc2c1. The van der Waals surface area contributed by atoms with E-state index in [1.165, 1.54) is 11.6 Å². The number of carbonyl (C=O) groups excluding carboxylic acids is 1. The fraction of sp³-hybridized carbons (Fsp3) is 0.103. The molecule has 0 saturated carbocycles. The van der Waals surface area contributed by atoms with E-state index in [-0.39, 0.29) is 5.91 Å². The summed E-state index contributed by atoms with van der Waals surface area (Å²) in [6, 6.07) is 22.2. The minimum atomic E-state index is -0.283. The molecule has 1 amide bonds. The second kappa shape index (κ2) is 10.1. The summed E-state index contributed by atoms with van der Waals surface area (Å²) in [5.74, 6) is 1.81. The molecule has 0 saturated heterocycles. The third-order valence-electron chi connectivity index (χ3n) is 5.65. The van der Waals surface area contributed by atoms with Gasteiger partial charge in [0.1, 0.15) is 17.0 Å². The quantitative estimate of drug-likeness (QED) is 0.229. The first-order chi connectivity index (χ1) is 17.3. The highest BCUT2D eigenvalue weighted by Gasteiger charge is 2.11. The number of hydrogen-bond acceptors (Lipinski definition) is 4. The van der Waals surface area contributed by atoms with E-state index in [4.69, 9.17) is 32.0 Å². The van der Waals surface area contributed by atoms with Crippen LogP contribution in [0.15, 0.2) is 87.7 Å². The number of rotatable bonds is 6. The summed E-state index contributed by atoms with van der Waals surface area (Å²) in [7, 11) is 0. The lowest BCUT2D eigenvalue weighted by Gasteiger charge is -2.02. The number of hydrogen-bond donors (Lipinski definition) is 1. The molecule has 0 spiro atoms. The van der Waals surface area contributed by atoms with Gasteiger partial charge in [-0.05, 0) is 84.3 Å². The van der Waals surface area contributed by atoms with Gasteiger partial charge in [0.05, 0.1) is 0 Å². The second-order valence-corrected chi connectivity index (χ2v) is 9.53. The average Bonchev–Trinajstić information content (AvgIpc) is 3.49. The zero-order chi connectivity index (χ0) is 25.2. The van der Waals surface area contributed by atoms with Gasteiger partial charge >= 0.3 is 0 Å². The van der Waals surface area contributed by atoms with Crippen LogP contribution in [-0.2, 0) is 4.79 Å². The number of halogens is 2. The molecule has 2 heterocycles. The molecule has 5 aromatic rings. The highest BCUT2D eigenvalue weighted by molar-refractivity contribution is 6.35. The van der Waals surface area contributed by atoms with Gasteiger partial charge in [0.2, 0.25) is 11.8 Å². The summed E-state index contributed by atoms with van der Waals surface area (Å²) in [6.45, 7) is 4.29. The molecular formula is C29H22Cl2N2O3. The number of nitrogens with zero attached hydrogens (tertiary/aromatic N) is 1. The molecule has 0 unspecified atom stereocenters. The largest absolute Gasteiger partial charge is 0.457 e. The van der Waals surface area contributed by atoms with Crippen LogP contribution in [0.4, 0.5) is 5.69 Å². The summed E-state index contributed by atoms with van der Waals surface area (Å²) in [6.07, 6.45) is 3.01. The van der Waals surface area contributed by atoms with Crippen molar-refractivity contribution in [2.45, 2.75) is 19.8 Å². The molecule has 7 heteroatoms. The van der Waals surface area contributed by atoms with E-state index in [2.05, 4.69) is 36.3 Å². The highest BCUT2D eigenvalue weighted by atomic mass is 35.5. The highest BCUT2D eigenvalue weighted by Crippen LogP contribution is 2.30. The lowest BCUT2D eigenvalue weighted by atomic mass is 10.0. The maximum absolute atomic E-state index is 12.4. The van der Waals surface area contributed by atoms with Gasteiger partial charge in [-0.25, -0.2) is 4.98 Å². The number of benzene rings is 3. The van der Waals surface area contributed by atoms with Gasteiger partial charge in [-0.3, -0.25) is 4.79 Å². The van der Waals surface area contributed by atoms with E-state index in [1.807, 2.05) is 30.3 Å². The Labute approximate surface area is 218 Å². The minimum Gasteiger partial charge on any atom is -0.457 e. The number of amides is 1. The van der Waals surface area contributed by atoms with Crippen molar-refractivity contribution in [3.63, 3.8) is 0 Å². The Morgan fingerprint density at radius 3 is 2.36 bits per heavy atom. The van der Waals surface area contributed by atoms with Crippen LogP contribution < -0.4 is 5.32 Å². The third kappa shape index (κ3) is 5.38. The minimum absolute atomic E-state index is 0.283. The van der Waals surface area contributed by atoms with Gasteiger partial charge in [0, 0.05) is 32.9 Å². The maximum Gasteiger partial charge on any atom is 0.248 e. The molecule has 0 aliphatic carbocycles. The normalized spacial score (nSPS) is 11.6. The Balaban J connectivity index is 1.24. The van der Waals surface area contributed by atoms with Crippen LogP contribution >= 0.6 is 23.2 Å². The van der Waals surface area contributed by atoms with Crippen molar-refractivity contribution in [2.24, 2.45) is 0 Å². The molecule has 36 heavy (non-hydrogen) atoms. The van der Waals surface area contributed by atoms with E-state index < -0.39 is 0 Å². The Hall–Kier alpha value is -3.80. The molecule has 0 aliphatic heterocycles. The van der Waals surface area contributed by atoms with Gasteiger partial charge in [0.25, 0.3) is 0 Å². The number of carbonyl (C=O) groups is 1. The molecule has 2 aromatic heterocycles. The third-order valence-corrected chi connectivity index (χ3v) is 6.09. The monoisotopic (exact) mass is 516 g/mol. The summed E-state index contributed by atoms with van der Waals surface area (Å²) < 4.78 is 11.7. The molecule has 0 aliphatic rings. The van der Waals surface area contributed by atoms with Gasteiger partial charge in [0.15, 0.2) is 5.58 Å². The van der Waals surface area contributed by atoms with Crippen LogP contribution in [0.2, 0.25) is 10.0 Å². The predicted molar refractivity (Wildman–Crippen MR) is 145 cm³/mol. The van der Waals surface area contributed by atoms with Gasteiger partial charge in [-0.2, -0.15) is 0 Å². The molecule has 180 valence electrons. The Morgan fingerprint density at radius 1 is 0.889 bits per heavy atom. The van der Waals surface area contributed by atoms with E-state index in [0.717, 1.165) is 22.2 Å². The van der Waals surface area contributed by atoms with Gasteiger partial charge in [-0.1, -0.05) is 43.1 Å². The van der Waals surface area contributed by atoms with Crippen LogP contribution in [-0.4, -0.2) is 10.9 Å². The van der Waals surface area contributed by atoms with Crippen molar-refractivity contribution in [1.82, 2.24) is 4.98 Å². The molecule has 1 N–H and O–H groups in total. The number of nitrogens with one attached hydrogen (secondary N) is 1. The second-order valence-electron chi connectivity index (χ2n) is 8.66. The van der Waals surface area contributed by atoms with Crippen LogP contribution in [0.5, 0.6) is 0 Å². The van der Waals surface area contributed by atoms with Crippen LogP contribution in [0, 0.1) is 0 Å². The smallest absolute Gasteiger partial charge is 0.248 e. The van der Waals surface area contributed by atoms with Crippen molar-refractivity contribution >= 4 is 52.0 Å². The van der Waals surface area contributed by atoms with Crippen molar-refractivity contribution in [2.75, 3.05) is 5.32 Å². The number of aromatic nitrogens is 1. The number of anilines is 1. The molecule has 0 bridgehead atoms. The standard InChI is InChI=1S/C29H22Cl2N2O3/c1-17(2)19-5-10-27-25(15-19)33-29(36-27)18-3-6-23(7-4-18)32-28(34)12-9-24-8-11-26(35-24)20-13-21(30)16-22(31)14-20/h3-17H,1-2H3,(H,32,34)/b12-9+. The van der Waals surface area contributed by atoms with Crippen molar-refractivity contribution in [3.05, 3.63) is 100 Å². The van der Waals surface area contributed by atoms with Gasteiger partial charge in [-0.15, -0.1) is 0 Å². The van der Waals surface area contributed by atoms with E-state index >= 15 is 0 Å². The predicted octanol–water partition coefficient (Wildman–Crippen LogP) is 8.84. The summed E-state index contributed by atoms with van der Waals surface area (Å²) in [4.78, 5) is 17.0. The molecule has 0 atom stereocenters. The van der Waals surface area contributed by atoms with Crippen LogP contribution in [0.1, 0.15) is 31.1 Å². The lowest BCUT2D eigenvalue weighted by molar-refractivity contribution is -0.111. The lowest BCUT2D eigenvalue weighted by Crippen LogP contribution is -2.07. The first-order valence-electron chi connectivity index (χ1n) is 11.4. The molecule has 3 aromatic carbocycles. The first-order valence-corrected chi connectivity index (χ1v) is 12.2. The topological polar surface area (TPSA) is 68.3 Å². The number of oxazole rings is 1. The number of furan rings is 1. The fourth-order valence-corrected chi connectivity index (χ4v) is 4.28. The summed E-state index contributed by atoms with van der Waals surface area (Å²) in [5.41, 5.74) is 5.04. The van der Waals surface area contributed by atoms with Gasteiger partial charge < -0.3 is 14.2 Å². The van der Waals surface area contributed by atoms with Crippen LogP contribution in [0.25, 0.3) is 40.0 Å². The Bertz CT molecular complexity index is 1560. The Kier molecular flexibility index (Phi) is 6.68. The van der Waals surface area contributed by atoms with E-state index in [1.54, 1.807) is 36.4 Å². The fourth-order valence-electron chi connectivity index (χ4n) is 3.76. The zero-order valence-electron chi connectivity index (χ0n) is 19.6. The summed E-state index contributed by atoms with van der Waals surface area (Å²) in [5, 5.41) is 3.88. The van der Waals surface area contributed by atoms with Crippen LogP contribution in [0.3, 0.4) is 0 Å². The average molecular weight is 517 g/mol. The summed E-state index contributed by atoms with van der Waals surface area (Å²) >= 11 is 12.1.